The minimum Gasteiger partial charge on any atom is -0.477 e. The zero-order valence-electron chi connectivity index (χ0n) is 14.6. The number of hydrogen-bond donors (Lipinski definition) is 0. The molecule has 0 radical (unpaired) electrons. The monoisotopic (exact) mass is 424 g/mol. The Kier molecular flexibility index (Phi) is 5.88. The summed E-state index contributed by atoms with van der Waals surface area (Å²) >= 11 is 5.84. The molecule has 0 spiro atoms. The van der Waals surface area contributed by atoms with Gasteiger partial charge in [-0.3, -0.25) is 9.36 Å². The molecule has 28 heavy (non-hydrogen) atoms. The fourth-order valence-corrected chi connectivity index (χ4v) is 2.50. The van der Waals surface area contributed by atoms with Crippen LogP contribution in [0, 0.1) is 5.82 Å². The lowest BCUT2D eigenvalue weighted by molar-refractivity contribution is -0.148. The van der Waals surface area contributed by atoms with Crippen molar-refractivity contribution < 1.29 is 31.8 Å². The molecule has 1 atom stereocenters. The Hall–Kier alpha value is -2.82. The first-order valence-electron chi connectivity index (χ1n) is 7.52. The molecule has 2 rings (SSSR count). The third kappa shape index (κ3) is 4.03. The normalized spacial score (nSPS) is 12.6. The highest BCUT2D eigenvalue weighted by Gasteiger charge is 2.35. The molecule has 0 fully saturated rings. The number of nitrogens with zero attached hydrogens (tertiary/aromatic N) is 2. The molecule has 0 aliphatic heterocycles. The highest BCUT2D eigenvalue weighted by atomic mass is 35.5. The van der Waals surface area contributed by atoms with Gasteiger partial charge in [0.05, 0.1) is 17.8 Å². The molecule has 12 heteroatoms. The van der Waals surface area contributed by atoms with Crippen molar-refractivity contribution in [1.82, 2.24) is 9.13 Å². The molecule has 1 aromatic heterocycles. The molecule has 0 aliphatic rings. The maximum Gasteiger partial charge on any atom is 0.431 e. The van der Waals surface area contributed by atoms with Gasteiger partial charge in [-0.05, 0) is 13.0 Å². The lowest BCUT2D eigenvalue weighted by atomic mass is 10.2. The standard InChI is InChI=1S/C16H13ClF4N2O5/c1-7(14(25)27-3)28-11-5-10(9(18)4-8(11)17)23-13(24)6-12(16(19,20)21)22(2)15(23)26/h4-7H,1-3H3/t7-/m0/s1. The van der Waals surface area contributed by atoms with E-state index in [1.54, 1.807) is 0 Å². The summed E-state index contributed by atoms with van der Waals surface area (Å²) in [4.78, 5) is 35.9. The first-order valence-corrected chi connectivity index (χ1v) is 7.90. The van der Waals surface area contributed by atoms with Crippen LogP contribution in [0.15, 0.2) is 27.8 Å². The summed E-state index contributed by atoms with van der Waals surface area (Å²) in [5.74, 6) is -2.24. The highest BCUT2D eigenvalue weighted by molar-refractivity contribution is 6.32. The Morgan fingerprint density at radius 3 is 2.36 bits per heavy atom. The Morgan fingerprint density at radius 1 is 1.21 bits per heavy atom. The van der Waals surface area contributed by atoms with Gasteiger partial charge in [0.25, 0.3) is 5.56 Å². The fourth-order valence-electron chi connectivity index (χ4n) is 2.30. The van der Waals surface area contributed by atoms with Crippen molar-refractivity contribution in [1.29, 1.82) is 0 Å². The Balaban J connectivity index is 2.68. The van der Waals surface area contributed by atoms with E-state index in [9.17, 15) is 31.9 Å². The second-order valence-corrected chi connectivity index (χ2v) is 5.97. The quantitative estimate of drug-likeness (QED) is 0.556. The third-order valence-electron chi connectivity index (χ3n) is 3.69. The lowest BCUT2D eigenvalue weighted by Gasteiger charge is -2.17. The third-order valence-corrected chi connectivity index (χ3v) is 3.99. The average Bonchev–Trinajstić information content (AvgIpc) is 2.59. The van der Waals surface area contributed by atoms with Crippen LogP contribution in [0.5, 0.6) is 5.75 Å². The molecule has 0 amide bonds. The van der Waals surface area contributed by atoms with Gasteiger partial charge in [-0.1, -0.05) is 11.6 Å². The van der Waals surface area contributed by atoms with Crippen LogP contribution in [0.25, 0.3) is 5.69 Å². The lowest BCUT2D eigenvalue weighted by Crippen LogP contribution is -2.41. The largest absolute Gasteiger partial charge is 0.477 e. The molecule has 0 aliphatic carbocycles. The molecular formula is C16H13ClF4N2O5. The summed E-state index contributed by atoms with van der Waals surface area (Å²) in [5.41, 5.74) is -5.05. The first-order chi connectivity index (χ1) is 12.9. The summed E-state index contributed by atoms with van der Waals surface area (Å²) in [7, 11) is 1.89. The number of carbonyl (C=O) groups excluding carboxylic acids is 1. The summed E-state index contributed by atoms with van der Waals surface area (Å²) < 4.78 is 63.2. The van der Waals surface area contributed by atoms with E-state index in [1.165, 1.54) is 6.92 Å². The summed E-state index contributed by atoms with van der Waals surface area (Å²) in [6, 6.07) is 1.68. The Labute approximate surface area is 159 Å². The van der Waals surface area contributed by atoms with E-state index in [0.717, 1.165) is 20.2 Å². The topological polar surface area (TPSA) is 79.5 Å². The summed E-state index contributed by atoms with van der Waals surface area (Å²) in [6.45, 7) is 1.30. The van der Waals surface area contributed by atoms with Gasteiger partial charge in [-0.15, -0.1) is 0 Å². The van der Waals surface area contributed by atoms with Gasteiger partial charge in [0.2, 0.25) is 0 Å². The van der Waals surface area contributed by atoms with E-state index < -0.39 is 46.7 Å². The number of alkyl halides is 3. The molecule has 7 nitrogen and oxygen atoms in total. The molecule has 1 heterocycles. The van der Waals surface area contributed by atoms with Gasteiger partial charge in [-0.2, -0.15) is 13.2 Å². The number of benzene rings is 1. The van der Waals surface area contributed by atoms with Gasteiger partial charge >= 0.3 is 17.8 Å². The van der Waals surface area contributed by atoms with Crippen LogP contribution >= 0.6 is 11.6 Å². The molecule has 0 saturated carbocycles. The van der Waals surface area contributed by atoms with Crippen molar-refractivity contribution in [3.05, 3.63) is 55.6 Å². The van der Waals surface area contributed by atoms with Crippen LogP contribution in [0.4, 0.5) is 17.6 Å². The van der Waals surface area contributed by atoms with Gasteiger partial charge in [-0.25, -0.2) is 18.5 Å². The predicted molar refractivity (Wildman–Crippen MR) is 89.4 cm³/mol. The van der Waals surface area contributed by atoms with Gasteiger partial charge in [0.1, 0.15) is 17.3 Å². The van der Waals surface area contributed by atoms with Crippen LogP contribution in [0.2, 0.25) is 5.02 Å². The first kappa shape index (κ1) is 21.5. The van der Waals surface area contributed by atoms with Crippen LogP contribution < -0.4 is 16.0 Å². The average molecular weight is 425 g/mol. The number of aromatic nitrogens is 2. The molecular weight excluding hydrogens is 412 g/mol. The van der Waals surface area contributed by atoms with Crippen molar-refractivity contribution in [2.24, 2.45) is 7.05 Å². The molecule has 2 aromatic rings. The summed E-state index contributed by atoms with van der Waals surface area (Å²) in [5, 5.41) is -0.297. The van der Waals surface area contributed by atoms with Crippen molar-refractivity contribution >= 4 is 17.6 Å². The second-order valence-electron chi connectivity index (χ2n) is 5.56. The highest BCUT2D eigenvalue weighted by Crippen LogP contribution is 2.30. The van der Waals surface area contributed by atoms with Crippen LogP contribution in [-0.2, 0) is 22.8 Å². The van der Waals surface area contributed by atoms with E-state index in [4.69, 9.17) is 16.3 Å². The Bertz CT molecular complexity index is 1050. The predicted octanol–water partition coefficient (Wildman–Crippen LogP) is 2.29. The number of rotatable bonds is 4. The van der Waals surface area contributed by atoms with Crippen LogP contribution in [0.1, 0.15) is 12.6 Å². The number of carbonyl (C=O) groups is 1. The number of esters is 1. The molecule has 0 N–H and O–H groups in total. The maximum atomic E-state index is 14.3. The molecule has 0 saturated heterocycles. The van der Waals surface area contributed by atoms with E-state index >= 15 is 0 Å². The molecule has 152 valence electrons. The number of methoxy groups -OCH3 is 1. The zero-order chi connectivity index (χ0) is 21.4. The van der Waals surface area contributed by atoms with Gasteiger partial charge in [0, 0.05) is 19.2 Å². The molecule has 1 aromatic carbocycles. The van der Waals surface area contributed by atoms with Crippen molar-refractivity contribution in [3.8, 4) is 11.4 Å². The summed E-state index contributed by atoms with van der Waals surface area (Å²) in [6.07, 6.45) is -6.14. The SMILES string of the molecule is COC(=O)[C@H](C)Oc1cc(-n2c(=O)cc(C(F)(F)F)n(C)c2=O)c(F)cc1Cl. The van der Waals surface area contributed by atoms with Gasteiger partial charge in [0.15, 0.2) is 6.10 Å². The second kappa shape index (κ2) is 7.66. The van der Waals surface area contributed by atoms with E-state index in [0.29, 0.717) is 6.07 Å². The van der Waals surface area contributed by atoms with E-state index in [-0.39, 0.29) is 26.0 Å². The van der Waals surface area contributed by atoms with Crippen LogP contribution in [0.3, 0.4) is 0 Å². The number of halogens is 5. The van der Waals surface area contributed by atoms with Crippen molar-refractivity contribution in [3.63, 3.8) is 0 Å². The number of ether oxygens (including phenoxy) is 2. The number of hydrogen-bond acceptors (Lipinski definition) is 5. The minimum atomic E-state index is -4.96. The molecule has 0 unspecified atom stereocenters. The molecule has 0 bridgehead atoms. The van der Waals surface area contributed by atoms with E-state index in [2.05, 4.69) is 4.74 Å². The van der Waals surface area contributed by atoms with Gasteiger partial charge < -0.3 is 9.47 Å². The fraction of sp³-hybridized carbons (Fsp3) is 0.312. The van der Waals surface area contributed by atoms with Crippen molar-refractivity contribution in [2.45, 2.75) is 19.2 Å². The van der Waals surface area contributed by atoms with E-state index in [1.807, 2.05) is 0 Å². The minimum absolute atomic E-state index is 0.160. The van der Waals surface area contributed by atoms with Crippen molar-refractivity contribution in [2.75, 3.05) is 7.11 Å². The maximum absolute atomic E-state index is 14.3. The Morgan fingerprint density at radius 2 is 1.82 bits per heavy atom. The zero-order valence-corrected chi connectivity index (χ0v) is 15.4. The van der Waals surface area contributed by atoms with Crippen LogP contribution in [-0.4, -0.2) is 28.3 Å². The smallest absolute Gasteiger partial charge is 0.431 e.